The maximum atomic E-state index is 11.3. The predicted octanol–water partition coefficient (Wildman–Crippen LogP) is 1.66. The smallest absolute Gasteiger partial charge is 0.303 e. The first-order chi connectivity index (χ1) is 7.68. The lowest BCUT2D eigenvalue weighted by molar-refractivity contribution is -0.137. The fraction of sp³-hybridized carbons (Fsp3) is 0.455. The van der Waals surface area contributed by atoms with Gasteiger partial charge in [0.1, 0.15) is 0 Å². The molecule has 5 heteroatoms. The summed E-state index contributed by atoms with van der Waals surface area (Å²) in [5, 5.41) is 15.2. The molecule has 0 radical (unpaired) electrons. The molecule has 0 saturated carbocycles. The molecular formula is C11H15NO3S. The quantitative estimate of drug-likeness (QED) is 0.763. The summed E-state index contributed by atoms with van der Waals surface area (Å²) < 4.78 is 0. The normalized spacial score (nSPS) is 10.0. The molecule has 0 atom stereocenters. The molecule has 0 spiro atoms. The van der Waals surface area contributed by atoms with Crippen LogP contribution < -0.4 is 5.32 Å². The van der Waals surface area contributed by atoms with E-state index in [-0.39, 0.29) is 18.7 Å². The Bertz CT molecular complexity index is 335. The van der Waals surface area contributed by atoms with Gasteiger partial charge in [-0.25, -0.2) is 0 Å². The van der Waals surface area contributed by atoms with Crippen molar-refractivity contribution in [3.63, 3.8) is 0 Å². The maximum Gasteiger partial charge on any atom is 0.303 e. The summed E-state index contributed by atoms with van der Waals surface area (Å²) in [6.45, 7) is 0.614. The van der Waals surface area contributed by atoms with E-state index in [1.54, 1.807) is 11.3 Å². The predicted molar refractivity (Wildman–Crippen MR) is 62.5 cm³/mol. The third kappa shape index (κ3) is 5.50. The Morgan fingerprint density at radius 3 is 2.81 bits per heavy atom. The Morgan fingerprint density at radius 1 is 1.38 bits per heavy atom. The first kappa shape index (κ1) is 12.7. The van der Waals surface area contributed by atoms with Crippen molar-refractivity contribution < 1.29 is 14.7 Å². The maximum absolute atomic E-state index is 11.3. The Kier molecular flexibility index (Phi) is 5.56. The van der Waals surface area contributed by atoms with Gasteiger partial charge in [0.25, 0.3) is 0 Å². The molecule has 1 amide bonds. The van der Waals surface area contributed by atoms with Crippen LogP contribution in [-0.2, 0) is 16.0 Å². The lowest BCUT2D eigenvalue weighted by Crippen LogP contribution is -2.25. The molecule has 16 heavy (non-hydrogen) atoms. The van der Waals surface area contributed by atoms with E-state index in [4.69, 9.17) is 5.11 Å². The monoisotopic (exact) mass is 241 g/mol. The molecule has 0 aliphatic heterocycles. The highest BCUT2D eigenvalue weighted by Gasteiger charge is 2.03. The Labute approximate surface area is 98.3 Å². The van der Waals surface area contributed by atoms with Gasteiger partial charge in [0.15, 0.2) is 0 Å². The van der Waals surface area contributed by atoms with Crippen molar-refractivity contribution in [3.8, 4) is 0 Å². The number of aliphatic carboxylic acids is 1. The van der Waals surface area contributed by atoms with Crippen molar-refractivity contribution in [1.82, 2.24) is 5.32 Å². The van der Waals surface area contributed by atoms with Gasteiger partial charge in [-0.2, -0.15) is 11.3 Å². The van der Waals surface area contributed by atoms with Crippen LogP contribution in [0.3, 0.4) is 0 Å². The number of thiophene rings is 1. The first-order valence-corrected chi connectivity index (χ1v) is 6.12. The lowest BCUT2D eigenvalue weighted by Gasteiger charge is -2.03. The van der Waals surface area contributed by atoms with Crippen molar-refractivity contribution in [1.29, 1.82) is 0 Å². The number of hydrogen-bond donors (Lipinski definition) is 2. The van der Waals surface area contributed by atoms with Crippen LogP contribution in [0.5, 0.6) is 0 Å². The number of carboxylic acid groups (broad SMARTS) is 1. The summed E-state index contributed by atoms with van der Waals surface area (Å²) in [5.41, 5.74) is 1.22. The van der Waals surface area contributed by atoms with Crippen molar-refractivity contribution in [2.75, 3.05) is 6.54 Å². The van der Waals surface area contributed by atoms with Crippen molar-refractivity contribution >= 4 is 23.2 Å². The molecule has 0 fully saturated rings. The van der Waals surface area contributed by atoms with E-state index in [2.05, 4.69) is 10.7 Å². The fourth-order valence-corrected chi connectivity index (χ4v) is 1.97. The van der Waals surface area contributed by atoms with Crippen molar-refractivity contribution in [2.45, 2.75) is 25.7 Å². The minimum atomic E-state index is -0.855. The zero-order chi connectivity index (χ0) is 11.8. The molecule has 0 bridgehead atoms. The third-order valence-corrected chi connectivity index (χ3v) is 2.84. The van der Waals surface area contributed by atoms with E-state index in [1.807, 2.05) is 11.4 Å². The van der Waals surface area contributed by atoms with Gasteiger partial charge in [-0.05, 0) is 35.2 Å². The largest absolute Gasteiger partial charge is 0.481 e. The minimum absolute atomic E-state index is 0.0535. The Morgan fingerprint density at radius 2 is 2.19 bits per heavy atom. The van der Waals surface area contributed by atoms with E-state index in [1.165, 1.54) is 5.56 Å². The number of hydrogen-bond acceptors (Lipinski definition) is 3. The summed E-state index contributed by atoms with van der Waals surface area (Å²) in [5.74, 6) is -0.928. The highest BCUT2D eigenvalue weighted by molar-refractivity contribution is 7.07. The third-order valence-electron chi connectivity index (χ3n) is 2.11. The van der Waals surface area contributed by atoms with Gasteiger partial charge < -0.3 is 10.4 Å². The van der Waals surface area contributed by atoms with E-state index in [0.717, 1.165) is 6.42 Å². The van der Waals surface area contributed by atoms with Gasteiger partial charge >= 0.3 is 5.97 Å². The molecule has 2 N–H and O–H groups in total. The second-order valence-corrected chi connectivity index (χ2v) is 4.26. The number of carboxylic acids is 1. The van der Waals surface area contributed by atoms with E-state index in [0.29, 0.717) is 13.0 Å². The van der Waals surface area contributed by atoms with E-state index < -0.39 is 5.97 Å². The van der Waals surface area contributed by atoms with Gasteiger partial charge in [0, 0.05) is 19.4 Å². The molecule has 0 aliphatic rings. The zero-order valence-electron chi connectivity index (χ0n) is 8.94. The molecule has 1 heterocycles. The van der Waals surface area contributed by atoms with E-state index in [9.17, 15) is 9.59 Å². The molecule has 4 nitrogen and oxygen atoms in total. The SMILES string of the molecule is O=C(O)CCCC(=O)NCCc1ccsc1. The summed E-state index contributed by atoms with van der Waals surface area (Å²) in [4.78, 5) is 21.5. The zero-order valence-corrected chi connectivity index (χ0v) is 9.76. The lowest BCUT2D eigenvalue weighted by atomic mass is 10.2. The summed E-state index contributed by atoms with van der Waals surface area (Å²) in [6, 6.07) is 2.03. The summed E-state index contributed by atoms with van der Waals surface area (Å²) in [6.07, 6.45) is 1.57. The molecule has 0 aliphatic carbocycles. The van der Waals surface area contributed by atoms with Crippen molar-refractivity contribution in [2.24, 2.45) is 0 Å². The van der Waals surface area contributed by atoms with Crippen LogP contribution in [0.25, 0.3) is 0 Å². The van der Waals surface area contributed by atoms with Crippen LogP contribution in [0.2, 0.25) is 0 Å². The Hall–Kier alpha value is -1.36. The highest BCUT2D eigenvalue weighted by Crippen LogP contribution is 2.05. The molecule has 1 rings (SSSR count). The average molecular weight is 241 g/mol. The van der Waals surface area contributed by atoms with E-state index >= 15 is 0 Å². The van der Waals surface area contributed by atoms with Gasteiger partial charge in [-0.15, -0.1) is 0 Å². The highest BCUT2D eigenvalue weighted by atomic mass is 32.1. The molecular weight excluding hydrogens is 226 g/mol. The fourth-order valence-electron chi connectivity index (χ4n) is 1.27. The number of carbonyl (C=O) groups excluding carboxylic acids is 1. The van der Waals surface area contributed by atoms with Gasteiger partial charge in [0.2, 0.25) is 5.91 Å². The average Bonchev–Trinajstić information content (AvgIpc) is 2.70. The molecule has 88 valence electrons. The van der Waals surface area contributed by atoms with Gasteiger partial charge in [0.05, 0.1) is 0 Å². The second-order valence-electron chi connectivity index (χ2n) is 3.48. The molecule has 1 aromatic rings. The first-order valence-electron chi connectivity index (χ1n) is 5.18. The van der Waals surface area contributed by atoms with Crippen LogP contribution in [0, 0.1) is 0 Å². The molecule has 0 unspecified atom stereocenters. The van der Waals surface area contributed by atoms with Crippen LogP contribution in [0.1, 0.15) is 24.8 Å². The van der Waals surface area contributed by atoms with Gasteiger partial charge in [-0.3, -0.25) is 9.59 Å². The minimum Gasteiger partial charge on any atom is -0.481 e. The number of amides is 1. The molecule has 0 saturated heterocycles. The second kappa shape index (κ2) is 7.00. The van der Waals surface area contributed by atoms with Crippen LogP contribution in [0.15, 0.2) is 16.8 Å². The Balaban J connectivity index is 2.04. The molecule has 0 aromatic carbocycles. The van der Waals surface area contributed by atoms with Crippen LogP contribution in [-0.4, -0.2) is 23.5 Å². The summed E-state index contributed by atoms with van der Waals surface area (Å²) >= 11 is 1.64. The van der Waals surface area contributed by atoms with Crippen molar-refractivity contribution in [3.05, 3.63) is 22.4 Å². The summed E-state index contributed by atoms with van der Waals surface area (Å²) in [7, 11) is 0. The van der Waals surface area contributed by atoms with Crippen LogP contribution in [0.4, 0.5) is 0 Å². The van der Waals surface area contributed by atoms with Crippen LogP contribution >= 0.6 is 11.3 Å². The number of nitrogens with one attached hydrogen (secondary N) is 1. The topological polar surface area (TPSA) is 66.4 Å². The number of rotatable bonds is 7. The standard InChI is InChI=1S/C11H15NO3S/c13-10(2-1-3-11(14)15)12-6-4-9-5-7-16-8-9/h5,7-8H,1-4,6H2,(H,12,13)(H,14,15). The molecule has 1 aromatic heterocycles. The number of carbonyl (C=O) groups is 2. The van der Waals surface area contributed by atoms with Gasteiger partial charge in [-0.1, -0.05) is 0 Å².